The van der Waals surface area contributed by atoms with E-state index >= 15 is 0 Å². The Morgan fingerprint density at radius 3 is 2.22 bits per heavy atom. The van der Waals surface area contributed by atoms with Gasteiger partial charge < -0.3 is 5.32 Å². The van der Waals surface area contributed by atoms with Gasteiger partial charge in [0.1, 0.15) is 0 Å². The Kier molecular flexibility index (Phi) is 7.48. The summed E-state index contributed by atoms with van der Waals surface area (Å²) in [5, 5.41) is 7.42. The van der Waals surface area contributed by atoms with Crippen molar-refractivity contribution in [2.24, 2.45) is 0 Å². The second kappa shape index (κ2) is 10.1. The third-order valence-corrected chi connectivity index (χ3v) is 7.58. The van der Waals surface area contributed by atoms with Gasteiger partial charge in [-0.05, 0) is 43.2 Å². The van der Waals surface area contributed by atoms with Gasteiger partial charge in [-0.25, -0.2) is 13.1 Å². The lowest BCUT2D eigenvalue weighted by Gasteiger charge is -2.19. The average Bonchev–Trinajstić information content (AvgIpc) is 3.24. The highest BCUT2D eigenvalue weighted by Gasteiger charge is 2.22. The first-order chi connectivity index (χ1) is 15.3. The predicted molar refractivity (Wildman–Crippen MR) is 125 cm³/mol. The highest BCUT2D eigenvalue weighted by molar-refractivity contribution is 7.89. The lowest BCUT2D eigenvalue weighted by atomic mass is 10.1. The number of sulfonamides is 1. The number of benzene rings is 2. The molecule has 2 aromatic carbocycles. The number of carbonyl (C=O) groups excluding carboxylic acids is 1. The highest BCUT2D eigenvalue weighted by Crippen LogP contribution is 2.21. The van der Waals surface area contributed by atoms with Crippen molar-refractivity contribution in [1.82, 2.24) is 19.4 Å². The third kappa shape index (κ3) is 4.76. The molecule has 3 rings (SSSR count). The minimum Gasteiger partial charge on any atom is -0.345 e. The van der Waals surface area contributed by atoms with Crippen LogP contribution in [0.1, 0.15) is 55.4 Å². The lowest BCUT2D eigenvalue weighted by Crippen LogP contribution is -2.30. The molecule has 0 spiro atoms. The van der Waals surface area contributed by atoms with Gasteiger partial charge >= 0.3 is 0 Å². The molecule has 1 amide bonds. The molecule has 8 heteroatoms. The molecular weight excluding hydrogens is 424 g/mol. The predicted octanol–water partition coefficient (Wildman–Crippen LogP) is 3.96. The summed E-state index contributed by atoms with van der Waals surface area (Å²) < 4.78 is 28.6. The van der Waals surface area contributed by atoms with Gasteiger partial charge in [-0.1, -0.05) is 51.1 Å². The van der Waals surface area contributed by atoms with E-state index in [4.69, 9.17) is 0 Å². The van der Waals surface area contributed by atoms with Gasteiger partial charge in [-0.3, -0.25) is 4.79 Å². The summed E-state index contributed by atoms with van der Waals surface area (Å²) >= 11 is 0. The second-order valence-electron chi connectivity index (χ2n) is 7.46. The van der Waals surface area contributed by atoms with E-state index in [-0.39, 0.29) is 16.8 Å². The Labute approximate surface area is 190 Å². The fraction of sp³-hybridized carbons (Fsp3) is 0.333. The van der Waals surface area contributed by atoms with E-state index in [1.807, 2.05) is 58.0 Å². The van der Waals surface area contributed by atoms with Gasteiger partial charge in [0.2, 0.25) is 10.0 Å². The van der Waals surface area contributed by atoms with E-state index in [1.54, 1.807) is 35.1 Å². The van der Waals surface area contributed by atoms with Crippen molar-refractivity contribution >= 4 is 15.9 Å². The van der Waals surface area contributed by atoms with Crippen LogP contribution in [0.5, 0.6) is 0 Å². The van der Waals surface area contributed by atoms with E-state index < -0.39 is 10.0 Å². The molecule has 0 saturated carbocycles. The van der Waals surface area contributed by atoms with Crippen molar-refractivity contribution in [1.29, 1.82) is 0 Å². The molecule has 0 fully saturated rings. The van der Waals surface area contributed by atoms with Crippen LogP contribution in [0.2, 0.25) is 0 Å². The molecule has 0 radical (unpaired) electrons. The van der Waals surface area contributed by atoms with Gasteiger partial charge in [0, 0.05) is 13.1 Å². The van der Waals surface area contributed by atoms with Gasteiger partial charge in [0.05, 0.1) is 34.1 Å². The molecule has 0 aliphatic carbocycles. The molecule has 0 aliphatic rings. The monoisotopic (exact) mass is 454 g/mol. The Bertz CT molecular complexity index is 1150. The van der Waals surface area contributed by atoms with E-state index in [1.165, 1.54) is 4.31 Å². The van der Waals surface area contributed by atoms with Crippen LogP contribution in [0.25, 0.3) is 5.69 Å². The number of nitrogens with zero attached hydrogens (tertiary/aromatic N) is 3. The van der Waals surface area contributed by atoms with Gasteiger partial charge in [0.15, 0.2) is 0 Å². The molecule has 3 aromatic rings. The maximum atomic E-state index is 13.0. The van der Waals surface area contributed by atoms with Crippen molar-refractivity contribution < 1.29 is 13.2 Å². The van der Waals surface area contributed by atoms with E-state index in [9.17, 15) is 13.2 Å². The summed E-state index contributed by atoms with van der Waals surface area (Å²) in [5.74, 6) is -0.212. The van der Waals surface area contributed by atoms with Crippen molar-refractivity contribution in [2.45, 2.75) is 45.1 Å². The molecule has 0 saturated heterocycles. The topological polar surface area (TPSA) is 84.3 Å². The quantitative estimate of drug-likeness (QED) is 0.530. The first-order valence-corrected chi connectivity index (χ1v) is 12.3. The highest BCUT2D eigenvalue weighted by atomic mass is 32.2. The number of rotatable bonds is 9. The van der Waals surface area contributed by atoms with Crippen molar-refractivity contribution in [2.75, 3.05) is 13.1 Å². The maximum Gasteiger partial charge on any atom is 0.255 e. The van der Waals surface area contributed by atoms with Crippen molar-refractivity contribution in [3.63, 3.8) is 0 Å². The molecule has 32 heavy (non-hydrogen) atoms. The summed E-state index contributed by atoms with van der Waals surface area (Å²) in [5.41, 5.74) is 3.09. The van der Waals surface area contributed by atoms with Crippen LogP contribution in [-0.4, -0.2) is 41.5 Å². The van der Waals surface area contributed by atoms with Crippen LogP contribution >= 0.6 is 0 Å². The Morgan fingerprint density at radius 2 is 1.66 bits per heavy atom. The molecule has 170 valence electrons. The van der Waals surface area contributed by atoms with Crippen LogP contribution in [0.15, 0.2) is 65.7 Å². The smallest absolute Gasteiger partial charge is 0.255 e. The lowest BCUT2D eigenvalue weighted by molar-refractivity contribution is 0.0939. The summed E-state index contributed by atoms with van der Waals surface area (Å²) in [4.78, 5) is 13.2. The van der Waals surface area contributed by atoms with E-state index in [2.05, 4.69) is 10.4 Å². The zero-order valence-electron chi connectivity index (χ0n) is 18.9. The molecule has 0 aliphatic heterocycles. The molecule has 0 bridgehead atoms. The zero-order chi connectivity index (χ0) is 23.3. The number of carbonyl (C=O) groups is 1. The number of nitrogens with one attached hydrogen (secondary N) is 1. The summed E-state index contributed by atoms with van der Waals surface area (Å²) in [7, 11) is -3.51. The number of para-hydroxylation sites is 1. The van der Waals surface area contributed by atoms with Gasteiger partial charge in [-0.2, -0.15) is 9.40 Å². The maximum absolute atomic E-state index is 13.0. The average molecular weight is 455 g/mol. The number of amides is 1. The summed E-state index contributed by atoms with van der Waals surface area (Å²) in [6.07, 6.45) is 2.25. The Hall–Kier alpha value is -2.97. The third-order valence-electron chi connectivity index (χ3n) is 5.52. The largest absolute Gasteiger partial charge is 0.345 e. The molecule has 1 unspecified atom stereocenters. The molecular formula is C24H30N4O3S. The van der Waals surface area contributed by atoms with Crippen molar-refractivity contribution in [3.8, 4) is 5.69 Å². The van der Waals surface area contributed by atoms with Crippen LogP contribution in [0, 0.1) is 0 Å². The molecule has 1 atom stereocenters. The van der Waals surface area contributed by atoms with Gasteiger partial charge in [0.25, 0.3) is 5.91 Å². The number of hydrogen-bond donors (Lipinski definition) is 1. The van der Waals surface area contributed by atoms with Crippen LogP contribution < -0.4 is 5.32 Å². The molecule has 1 heterocycles. The minimum absolute atomic E-state index is 0.212. The molecule has 1 N–H and O–H groups in total. The zero-order valence-corrected chi connectivity index (χ0v) is 19.8. The summed E-state index contributed by atoms with van der Waals surface area (Å²) in [6.45, 7) is 8.34. The molecule has 1 aromatic heterocycles. The second-order valence-corrected chi connectivity index (χ2v) is 9.40. The van der Waals surface area contributed by atoms with E-state index in [0.717, 1.165) is 16.9 Å². The van der Waals surface area contributed by atoms with Crippen LogP contribution in [0.4, 0.5) is 0 Å². The SMILES string of the molecule is CCc1c(C(=O)NC(C)c2ccc(S(=O)(=O)N(CC)CC)cc2)cnn1-c1ccccc1. The Balaban J connectivity index is 1.77. The Morgan fingerprint density at radius 1 is 1.03 bits per heavy atom. The number of aromatic nitrogens is 2. The normalized spacial score (nSPS) is 12.7. The van der Waals surface area contributed by atoms with Crippen LogP contribution in [0.3, 0.4) is 0 Å². The van der Waals surface area contributed by atoms with Crippen LogP contribution in [-0.2, 0) is 16.4 Å². The fourth-order valence-electron chi connectivity index (χ4n) is 3.69. The fourth-order valence-corrected chi connectivity index (χ4v) is 5.15. The first kappa shape index (κ1) is 23.7. The first-order valence-electron chi connectivity index (χ1n) is 10.9. The number of hydrogen-bond acceptors (Lipinski definition) is 4. The van der Waals surface area contributed by atoms with Crippen molar-refractivity contribution in [3.05, 3.63) is 77.6 Å². The standard InChI is InChI=1S/C24H30N4O3S/c1-5-23-22(17-25-28(23)20-11-9-8-10-12-20)24(29)26-18(4)19-13-15-21(16-14-19)32(30,31)27(6-2)7-3/h8-18H,5-7H2,1-4H3,(H,26,29). The molecule has 7 nitrogen and oxygen atoms in total. The summed E-state index contributed by atoms with van der Waals surface area (Å²) in [6, 6.07) is 16.1. The van der Waals surface area contributed by atoms with E-state index in [0.29, 0.717) is 25.1 Å². The van der Waals surface area contributed by atoms with Gasteiger partial charge in [-0.15, -0.1) is 0 Å². The minimum atomic E-state index is -3.51.